The highest BCUT2D eigenvalue weighted by Crippen LogP contribution is 2.07. The van der Waals surface area contributed by atoms with Crippen molar-refractivity contribution < 1.29 is 14.3 Å². The first-order valence-corrected chi connectivity index (χ1v) is 5.89. The van der Waals surface area contributed by atoms with Crippen molar-refractivity contribution in [2.45, 2.75) is 6.54 Å². The summed E-state index contributed by atoms with van der Waals surface area (Å²) in [4.78, 5) is 15.8. The second-order valence-electron chi connectivity index (χ2n) is 3.92. The van der Waals surface area contributed by atoms with Gasteiger partial charge in [-0.2, -0.15) is 0 Å². The van der Waals surface area contributed by atoms with Crippen molar-refractivity contribution in [3.05, 3.63) is 29.6 Å². The van der Waals surface area contributed by atoms with Gasteiger partial charge < -0.3 is 9.47 Å². The maximum absolute atomic E-state index is 11.6. The molecule has 0 aliphatic carbocycles. The molecular weight excluding hydrogens is 234 g/mol. The number of rotatable bonds is 4. The van der Waals surface area contributed by atoms with E-state index in [1.54, 1.807) is 18.3 Å². The average Bonchev–Trinajstić information content (AvgIpc) is 2.45. The van der Waals surface area contributed by atoms with Crippen molar-refractivity contribution in [2.24, 2.45) is 0 Å². The van der Waals surface area contributed by atoms with Crippen LogP contribution in [0.5, 0.6) is 0 Å². The smallest absolute Gasteiger partial charge is 0.339 e. The lowest BCUT2D eigenvalue weighted by molar-refractivity contribution is 0.0102. The van der Waals surface area contributed by atoms with Crippen LogP contribution >= 0.6 is 0 Å². The molecular formula is C12H17N3O3. The molecule has 2 heterocycles. The topological polar surface area (TPSA) is 63.7 Å². The summed E-state index contributed by atoms with van der Waals surface area (Å²) in [5, 5.41) is 2.07. The molecule has 1 aliphatic heterocycles. The third-order valence-corrected chi connectivity index (χ3v) is 2.78. The van der Waals surface area contributed by atoms with E-state index in [2.05, 4.69) is 15.4 Å². The molecule has 1 aromatic heterocycles. The zero-order valence-corrected chi connectivity index (χ0v) is 10.4. The molecule has 0 atom stereocenters. The van der Waals surface area contributed by atoms with Crippen molar-refractivity contribution in [3.63, 3.8) is 0 Å². The van der Waals surface area contributed by atoms with Crippen LogP contribution in [0.1, 0.15) is 16.1 Å². The van der Waals surface area contributed by atoms with E-state index in [1.165, 1.54) is 7.11 Å². The summed E-state index contributed by atoms with van der Waals surface area (Å²) in [5.41, 5.74) is 4.43. The molecule has 98 valence electrons. The van der Waals surface area contributed by atoms with E-state index >= 15 is 0 Å². The third-order valence-electron chi connectivity index (χ3n) is 2.78. The Morgan fingerprint density at radius 1 is 1.56 bits per heavy atom. The fourth-order valence-electron chi connectivity index (χ4n) is 1.78. The van der Waals surface area contributed by atoms with Gasteiger partial charge in [0.1, 0.15) is 0 Å². The van der Waals surface area contributed by atoms with Gasteiger partial charge in [-0.3, -0.25) is 4.98 Å². The Labute approximate surface area is 106 Å². The first kappa shape index (κ1) is 12.9. The van der Waals surface area contributed by atoms with Gasteiger partial charge in [-0.25, -0.2) is 15.2 Å². The summed E-state index contributed by atoms with van der Waals surface area (Å²) in [7, 11) is 1.37. The molecule has 1 fully saturated rings. The number of nitrogens with one attached hydrogen (secondary N) is 1. The molecule has 1 N–H and O–H groups in total. The molecule has 18 heavy (non-hydrogen) atoms. The highest BCUT2D eigenvalue weighted by molar-refractivity contribution is 5.90. The minimum Gasteiger partial charge on any atom is -0.465 e. The van der Waals surface area contributed by atoms with E-state index in [0.717, 1.165) is 26.3 Å². The summed E-state index contributed by atoms with van der Waals surface area (Å²) in [6.45, 7) is 3.62. The predicted octanol–water partition coefficient (Wildman–Crippen LogP) is 0.205. The van der Waals surface area contributed by atoms with Crippen LogP contribution in [0.3, 0.4) is 0 Å². The number of hydrogen-bond acceptors (Lipinski definition) is 6. The fraction of sp³-hybridized carbons (Fsp3) is 0.500. The average molecular weight is 251 g/mol. The molecule has 1 saturated heterocycles. The number of carbonyl (C=O) groups is 1. The number of carbonyl (C=O) groups excluding carboxylic acids is 1. The van der Waals surface area contributed by atoms with Crippen molar-refractivity contribution in [1.82, 2.24) is 15.4 Å². The van der Waals surface area contributed by atoms with Crippen LogP contribution in [-0.4, -0.2) is 49.4 Å². The molecule has 2 rings (SSSR count). The van der Waals surface area contributed by atoms with Crippen molar-refractivity contribution >= 4 is 5.97 Å². The Kier molecular flexibility index (Phi) is 4.63. The van der Waals surface area contributed by atoms with Gasteiger partial charge in [-0.1, -0.05) is 0 Å². The summed E-state index contributed by atoms with van der Waals surface area (Å²) in [6, 6.07) is 3.44. The molecule has 1 aliphatic rings. The van der Waals surface area contributed by atoms with E-state index in [-0.39, 0.29) is 5.97 Å². The number of hydrazine groups is 1. The Hall–Kier alpha value is -1.50. The zero-order chi connectivity index (χ0) is 12.8. The highest BCUT2D eigenvalue weighted by atomic mass is 16.5. The normalized spacial score (nSPS) is 16.5. The van der Waals surface area contributed by atoms with E-state index in [9.17, 15) is 4.79 Å². The van der Waals surface area contributed by atoms with Gasteiger partial charge in [0.25, 0.3) is 0 Å². The zero-order valence-electron chi connectivity index (χ0n) is 10.4. The minimum absolute atomic E-state index is 0.359. The number of pyridine rings is 1. The molecule has 6 heteroatoms. The van der Waals surface area contributed by atoms with E-state index in [4.69, 9.17) is 9.47 Å². The number of ether oxygens (including phenoxy) is 2. The molecule has 0 saturated carbocycles. The number of aromatic nitrogens is 1. The fourth-order valence-corrected chi connectivity index (χ4v) is 1.78. The van der Waals surface area contributed by atoms with Crippen LogP contribution in [0.25, 0.3) is 0 Å². The molecule has 1 aromatic rings. The second kappa shape index (κ2) is 6.44. The molecule has 0 unspecified atom stereocenters. The first-order valence-electron chi connectivity index (χ1n) is 5.89. The maximum atomic E-state index is 11.6. The third kappa shape index (κ3) is 3.25. The standard InChI is InChI=1S/C12H17N3O3/c1-17-12(16)10-3-2-4-13-11(10)9-14-15-5-7-18-8-6-15/h2-4,14H,5-9H2,1H3. The summed E-state index contributed by atoms with van der Waals surface area (Å²) >= 11 is 0. The quantitative estimate of drug-likeness (QED) is 0.772. The predicted molar refractivity (Wildman–Crippen MR) is 64.8 cm³/mol. The summed E-state index contributed by atoms with van der Waals surface area (Å²) < 4.78 is 9.99. The molecule has 6 nitrogen and oxygen atoms in total. The van der Waals surface area contributed by atoms with Gasteiger partial charge in [0.05, 0.1) is 38.1 Å². The highest BCUT2D eigenvalue weighted by Gasteiger charge is 2.14. The SMILES string of the molecule is COC(=O)c1cccnc1CNN1CCOCC1. The van der Waals surface area contributed by atoms with E-state index in [1.807, 2.05) is 0 Å². The second-order valence-corrected chi connectivity index (χ2v) is 3.92. The van der Waals surface area contributed by atoms with Gasteiger partial charge >= 0.3 is 5.97 Å². The largest absolute Gasteiger partial charge is 0.465 e. The number of methoxy groups -OCH3 is 1. The molecule has 0 aromatic carbocycles. The Balaban J connectivity index is 1.97. The molecule has 0 radical (unpaired) electrons. The van der Waals surface area contributed by atoms with Crippen molar-refractivity contribution in [2.75, 3.05) is 33.4 Å². The van der Waals surface area contributed by atoms with Gasteiger partial charge in [-0.15, -0.1) is 0 Å². The van der Waals surface area contributed by atoms with Crippen molar-refractivity contribution in [1.29, 1.82) is 0 Å². The summed E-state index contributed by atoms with van der Waals surface area (Å²) in [5.74, 6) is -0.359. The Morgan fingerprint density at radius 3 is 3.06 bits per heavy atom. The summed E-state index contributed by atoms with van der Waals surface area (Å²) in [6.07, 6.45) is 1.67. The van der Waals surface area contributed by atoms with Crippen molar-refractivity contribution in [3.8, 4) is 0 Å². The Morgan fingerprint density at radius 2 is 2.33 bits per heavy atom. The van der Waals surface area contributed by atoms with E-state index in [0.29, 0.717) is 17.8 Å². The lowest BCUT2D eigenvalue weighted by Crippen LogP contribution is -2.45. The van der Waals surface area contributed by atoms with Crippen LogP contribution in [0.2, 0.25) is 0 Å². The number of nitrogens with zero attached hydrogens (tertiary/aromatic N) is 2. The Bertz CT molecular complexity index is 405. The molecule has 0 bridgehead atoms. The van der Waals surface area contributed by atoms with Gasteiger partial charge in [-0.05, 0) is 12.1 Å². The van der Waals surface area contributed by atoms with Gasteiger partial charge in [0.15, 0.2) is 0 Å². The first-order chi connectivity index (χ1) is 8.81. The molecule has 0 spiro atoms. The lowest BCUT2D eigenvalue weighted by atomic mass is 10.2. The van der Waals surface area contributed by atoms with Gasteiger partial charge in [0, 0.05) is 19.3 Å². The van der Waals surface area contributed by atoms with Gasteiger partial charge in [0.2, 0.25) is 0 Å². The van der Waals surface area contributed by atoms with Crippen LogP contribution in [0, 0.1) is 0 Å². The number of morpholine rings is 1. The van der Waals surface area contributed by atoms with Crippen LogP contribution in [0.15, 0.2) is 18.3 Å². The van der Waals surface area contributed by atoms with Crippen LogP contribution in [0.4, 0.5) is 0 Å². The lowest BCUT2D eigenvalue weighted by Gasteiger charge is -2.27. The minimum atomic E-state index is -0.359. The van der Waals surface area contributed by atoms with E-state index < -0.39 is 0 Å². The molecule has 0 amide bonds. The van der Waals surface area contributed by atoms with Crippen LogP contribution in [-0.2, 0) is 16.0 Å². The van der Waals surface area contributed by atoms with Crippen LogP contribution < -0.4 is 5.43 Å². The monoisotopic (exact) mass is 251 g/mol. The maximum Gasteiger partial charge on any atom is 0.339 e. The number of esters is 1. The number of hydrogen-bond donors (Lipinski definition) is 1.